The second-order valence-corrected chi connectivity index (χ2v) is 5.47. The van der Waals surface area contributed by atoms with Gasteiger partial charge >= 0.3 is 0 Å². The van der Waals surface area contributed by atoms with Crippen LogP contribution in [0.25, 0.3) is 0 Å². The zero-order valence-electron chi connectivity index (χ0n) is 14.0. The van der Waals surface area contributed by atoms with Crippen molar-refractivity contribution in [2.45, 2.75) is 20.0 Å². The Morgan fingerprint density at radius 2 is 2.08 bits per heavy atom. The van der Waals surface area contributed by atoms with Gasteiger partial charge in [-0.15, -0.1) is 0 Å². The fourth-order valence-corrected chi connectivity index (χ4v) is 2.33. The van der Waals surface area contributed by atoms with Gasteiger partial charge in [-0.2, -0.15) is 5.10 Å². The second kappa shape index (κ2) is 7.64. The Morgan fingerprint density at radius 1 is 1.23 bits per heavy atom. The van der Waals surface area contributed by atoms with Gasteiger partial charge in [-0.25, -0.2) is 4.39 Å². The third-order valence-corrected chi connectivity index (χ3v) is 3.64. The highest BCUT2D eigenvalue weighted by Crippen LogP contribution is 2.16. The summed E-state index contributed by atoms with van der Waals surface area (Å²) >= 11 is 0. The average Bonchev–Trinajstić information content (AvgIpc) is 3.29. The number of furan rings is 1. The number of benzene rings is 1. The standard InChI is InChI=1S/C18H17FN4O3/c1-2-23-11-15(21-17(24)12-5-3-6-13(19)9-12)16(22-23)18(25)20-10-14-7-4-8-26-14/h3-9,11H,2,10H2,1H3,(H,20,25)(H,21,24). The fraction of sp³-hybridized carbons (Fsp3) is 0.167. The number of anilines is 1. The van der Waals surface area contributed by atoms with Gasteiger partial charge in [0.2, 0.25) is 0 Å². The second-order valence-electron chi connectivity index (χ2n) is 5.47. The highest BCUT2D eigenvalue weighted by atomic mass is 19.1. The lowest BCUT2D eigenvalue weighted by Gasteiger charge is -2.06. The van der Waals surface area contributed by atoms with Crippen LogP contribution in [0.1, 0.15) is 33.5 Å². The first-order valence-electron chi connectivity index (χ1n) is 8.01. The summed E-state index contributed by atoms with van der Waals surface area (Å²) in [7, 11) is 0. The Labute approximate surface area is 148 Å². The molecule has 0 fully saturated rings. The van der Waals surface area contributed by atoms with Gasteiger partial charge in [-0.1, -0.05) is 6.07 Å². The number of halogens is 1. The molecule has 0 unspecified atom stereocenters. The smallest absolute Gasteiger partial charge is 0.274 e. The summed E-state index contributed by atoms with van der Waals surface area (Å²) < 4.78 is 20.0. The van der Waals surface area contributed by atoms with E-state index in [1.54, 1.807) is 18.3 Å². The van der Waals surface area contributed by atoms with Crippen LogP contribution in [0, 0.1) is 5.82 Å². The van der Waals surface area contributed by atoms with E-state index in [9.17, 15) is 14.0 Å². The molecule has 0 atom stereocenters. The van der Waals surface area contributed by atoms with Crippen LogP contribution in [0.15, 0.2) is 53.3 Å². The molecule has 3 rings (SSSR count). The minimum atomic E-state index is -0.528. The van der Waals surface area contributed by atoms with Gasteiger partial charge in [-0.3, -0.25) is 14.3 Å². The summed E-state index contributed by atoms with van der Waals surface area (Å²) in [4.78, 5) is 24.7. The maximum atomic E-state index is 13.3. The van der Waals surface area contributed by atoms with E-state index in [1.807, 2.05) is 6.92 Å². The predicted molar refractivity (Wildman–Crippen MR) is 92.1 cm³/mol. The highest BCUT2D eigenvalue weighted by molar-refractivity contribution is 6.08. The lowest BCUT2D eigenvalue weighted by Crippen LogP contribution is -2.25. The summed E-state index contributed by atoms with van der Waals surface area (Å²) in [6.07, 6.45) is 3.07. The molecule has 2 heterocycles. The molecule has 7 nitrogen and oxygen atoms in total. The van der Waals surface area contributed by atoms with E-state index in [4.69, 9.17) is 4.42 Å². The molecule has 26 heavy (non-hydrogen) atoms. The monoisotopic (exact) mass is 356 g/mol. The Hall–Kier alpha value is -3.42. The van der Waals surface area contributed by atoms with Gasteiger partial charge in [-0.05, 0) is 37.3 Å². The summed E-state index contributed by atoms with van der Waals surface area (Å²) in [5.41, 5.74) is 0.470. The molecule has 2 N–H and O–H groups in total. The van der Waals surface area contributed by atoms with Crippen LogP contribution < -0.4 is 10.6 Å². The molecule has 0 bridgehead atoms. The number of carbonyl (C=O) groups is 2. The number of aryl methyl sites for hydroxylation is 1. The summed E-state index contributed by atoms with van der Waals surface area (Å²) in [6, 6.07) is 8.75. The lowest BCUT2D eigenvalue weighted by atomic mass is 10.2. The highest BCUT2D eigenvalue weighted by Gasteiger charge is 2.19. The molecule has 1 aromatic carbocycles. The number of nitrogens with zero attached hydrogens (tertiary/aromatic N) is 2. The van der Waals surface area contributed by atoms with Crippen molar-refractivity contribution in [1.29, 1.82) is 0 Å². The van der Waals surface area contributed by atoms with E-state index in [-0.39, 0.29) is 23.5 Å². The van der Waals surface area contributed by atoms with Crippen LogP contribution in [-0.4, -0.2) is 21.6 Å². The molecule has 2 aromatic heterocycles. The van der Waals surface area contributed by atoms with E-state index < -0.39 is 17.6 Å². The van der Waals surface area contributed by atoms with Gasteiger partial charge in [0.1, 0.15) is 11.6 Å². The molecule has 0 radical (unpaired) electrons. The third kappa shape index (κ3) is 3.97. The molecule has 0 aliphatic heterocycles. The number of hydrogen-bond acceptors (Lipinski definition) is 4. The molecule has 0 saturated heterocycles. The van der Waals surface area contributed by atoms with Crippen molar-refractivity contribution >= 4 is 17.5 Å². The van der Waals surface area contributed by atoms with Crippen LogP contribution in [0.5, 0.6) is 0 Å². The number of hydrogen-bond donors (Lipinski definition) is 2. The molecule has 0 saturated carbocycles. The van der Waals surface area contributed by atoms with Crippen molar-refractivity contribution in [3.63, 3.8) is 0 Å². The molecule has 0 spiro atoms. The van der Waals surface area contributed by atoms with Crippen molar-refractivity contribution in [2.24, 2.45) is 0 Å². The van der Waals surface area contributed by atoms with Crippen molar-refractivity contribution in [3.05, 3.63) is 71.7 Å². The van der Waals surface area contributed by atoms with Gasteiger partial charge < -0.3 is 15.1 Å². The fourth-order valence-electron chi connectivity index (χ4n) is 2.33. The zero-order valence-corrected chi connectivity index (χ0v) is 14.0. The first-order chi connectivity index (χ1) is 12.6. The number of amides is 2. The summed E-state index contributed by atoms with van der Waals surface area (Å²) in [6.45, 7) is 2.58. The van der Waals surface area contributed by atoms with Crippen LogP contribution in [0.2, 0.25) is 0 Å². The molecular formula is C18H17FN4O3. The van der Waals surface area contributed by atoms with E-state index >= 15 is 0 Å². The Morgan fingerprint density at radius 3 is 2.77 bits per heavy atom. The molecule has 8 heteroatoms. The normalized spacial score (nSPS) is 10.5. The zero-order chi connectivity index (χ0) is 18.5. The van der Waals surface area contributed by atoms with Crippen molar-refractivity contribution in [2.75, 3.05) is 5.32 Å². The SMILES string of the molecule is CCn1cc(NC(=O)c2cccc(F)c2)c(C(=O)NCc2ccco2)n1. The van der Waals surface area contributed by atoms with Crippen LogP contribution in [0.4, 0.5) is 10.1 Å². The van der Waals surface area contributed by atoms with Crippen LogP contribution >= 0.6 is 0 Å². The van der Waals surface area contributed by atoms with Crippen molar-refractivity contribution in [3.8, 4) is 0 Å². The largest absolute Gasteiger partial charge is 0.467 e. The Balaban J connectivity index is 1.77. The predicted octanol–water partition coefficient (Wildman–Crippen LogP) is 2.82. The first kappa shape index (κ1) is 17.4. The Kier molecular flexibility index (Phi) is 5.12. The van der Waals surface area contributed by atoms with E-state index in [0.717, 1.165) is 6.07 Å². The van der Waals surface area contributed by atoms with E-state index in [1.165, 1.54) is 29.1 Å². The topological polar surface area (TPSA) is 89.2 Å². The number of nitrogens with one attached hydrogen (secondary N) is 2. The molecule has 2 amide bonds. The minimum absolute atomic E-state index is 0.0724. The van der Waals surface area contributed by atoms with Gasteiger partial charge in [0.05, 0.1) is 18.5 Å². The minimum Gasteiger partial charge on any atom is -0.467 e. The molecular weight excluding hydrogens is 339 g/mol. The molecule has 0 aliphatic rings. The van der Waals surface area contributed by atoms with Crippen LogP contribution in [-0.2, 0) is 13.1 Å². The number of carbonyl (C=O) groups excluding carboxylic acids is 2. The van der Waals surface area contributed by atoms with Gasteiger partial charge in [0.15, 0.2) is 5.69 Å². The first-order valence-corrected chi connectivity index (χ1v) is 8.01. The van der Waals surface area contributed by atoms with Gasteiger partial charge in [0.25, 0.3) is 11.8 Å². The van der Waals surface area contributed by atoms with Crippen molar-refractivity contribution in [1.82, 2.24) is 15.1 Å². The molecule has 0 aliphatic carbocycles. The van der Waals surface area contributed by atoms with E-state index in [2.05, 4.69) is 15.7 Å². The Bertz CT molecular complexity index is 918. The van der Waals surface area contributed by atoms with Crippen molar-refractivity contribution < 1.29 is 18.4 Å². The maximum Gasteiger partial charge on any atom is 0.274 e. The van der Waals surface area contributed by atoms with Gasteiger partial charge in [0, 0.05) is 18.3 Å². The molecule has 3 aromatic rings. The summed E-state index contributed by atoms with van der Waals surface area (Å²) in [5, 5.41) is 9.47. The van der Waals surface area contributed by atoms with E-state index in [0.29, 0.717) is 12.3 Å². The quantitative estimate of drug-likeness (QED) is 0.711. The molecule has 134 valence electrons. The third-order valence-electron chi connectivity index (χ3n) is 3.64. The maximum absolute atomic E-state index is 13.3. The number of rotatable bonds is 6. The number of aromatic nitrogens is 2. The summed E-state index contributed by atoms with van der Waals surface area (Å²) in [5.74, 6) is -0.902. The average molecular weight is 356 g/mol. The van der Waals surface area contributed by atoms with Crippen LogP contribution in [0.3, 0.4) is 0 Å². The lowest BCUT2D eigenvalue weighted by molar-refractivity contribution is 0.0943.